The summed E-state index contributed by atoms with van der Waals surface area (Å²) in [6, 6.07) is 15.2. The molecule has 0 atom stereocenters. The largest absolute Gasteiger partial charge is 0.397 e. The Bertz CT molecular complexity index is 1540. The van der Waals surface area contributed by atoms with E-state index in [0.717, 1.165) is 22.5 Å². The third-order valence-electron chi connectivity index (χ3n) is 4.97. The number of nitrogens with zero attached hydrogens (tertiary/aromatic N) is 4. The highest BCUT2D eigenvalue weighted by molar-refractivity contribution is 7.21. The molecule has 4 aromatic heterocycles. The summed E-state index contributed by atoms with van der Waals surface area (Å²) in [5.74, 6) is -0.309. The molecule has 5 aromatic rings. The zero-order valence-electron chi connectivity index (χ0n) is 16.9. The summed E-state index contributed by atoms with van der Waals surface area (Å²) >= 11 is 2.43. The molecule has 0 unspecified atom stereocenters. The number of pyridine rings is 2. The van der Waals surface area contributed by atoms with Gasteiger partial charge in [-0.15, -0.1) is 22.7 Å². The van der Waals surface area contributed by atoms with Gasteiger partial charge in [-0.25, -0.2) is 9.97 Å². The van der Waals surface area contributed by atoms with Crippen molar-refractivity contribution in [2.75, 3.05) is 16.8 Å². The van der Waals surface area contributed by atoms with E-state index in [4.69, 9.17) is 11.5 Å². The van der Waals surface area contributed by atoms with Crippen LogP contribution in [-0.4, -0.2) is 20.9 Å². The van der Waals surface area contributed by atoms with E-state index in [1.54, 1.807) is 12.4 Å². The van der Waals surface area contributed by atoms with Crippen molar-refractivity contribution in [1.82, 2.24) is 15.0 Å². The predicted molar refractivity (Wildman–Crippen MR) is 132 cm³/mol. The molecule has 0 aliphatic heterocycles. The monoisotopic (exact) mass is 469 g/mol. The van der Waals surface area contributed by atoms with Crippen molar-refractivity contribution >= 4 is 55.4 Å². The van der Waals surface area contributed by atoms with Crippen LogP contribution in [-0.2, 0) is 0 Å². The number of nitrogens with two attached hydrogens (primary N) is 2. The van der Waals surface area contributed by atoms with Crippen LogP contribution in [0.1, 0.15) is 15.2 Å². The summed E-state index contributed by atoms with van der Waals surface area (Å²) in [7, 11) is 0. The highest BCUT2D eigenvalue weighted by Gasteiger charge is 2.24. The molecule has 0 fully saturated rings. The van der Waals surface area contributed by atoms with Crippen LogP contribution in [0.3, 0.4) is 0 Å². The topological polar surface area (TPSA) is 144 Å². The summed E-state index contributed by atoms with van der Waals surface area (Å²) in [5, 5.41) is 15.3. The van der Waals surface area contributed by atoms with Gasteiger partial charge in [0.1, 0.15) is 27.2 Å². The molecule has 0 bridgehead atoms. The number of thiazole rings is 1. The minimum absolute atomic E-state index is 0.0955. The number of aromatic nitrogens is 3. The summed E-state index contributed by atoms with van der Waals surface area (Å²) in [6.45, 7) is 0. The van der Waals surface area contributed by atoms with Gasteiger partial charge < -0.3 is 11.5 Å². The highest BCUT2D eigenvalue weighted by Crippen LogP contribution is 2.42. The number of amides is 1. The first-order valence-corrected chi connectivity index (χ1v) is 11.4. The summed E-state index contributed by atoms with van der Waals surface area (Å²) in [6.07, 6.45) is 3.39. The van der Waals surface area contributed by atoms with Crippen molar-refractivity contribution in [3.05, 3.63) is 70.7 Å². The number of anilines is 3. The first kappa shape index (κ1) is 20.6. The lowest BCUT2D eigenvalue weighted by Gasteiger charge is -2.09. The highest BCUT2D eigenvalue weighted by atomic mass is 32.1. The van der Waals surface area contributed by atoms with Gasteiger partial charge in [0.25, 0.3) is 5.91 Å². The van der Waals surface area contributed by atoms with Crippen LogP contribution in [0.5, 0.6) is 0 Å². The zero-order chi connectivity index (χ0) is 22.9. The molecule has 160 valence electrons. The fourth-order valence-corrected chi connectivity index (χ4v) is 5.20. The number of rotatable bonds is 4. The Kier molecular flexibility index (Phi) is 5.18. The van der Waals surface area contributed by atoms with Crippen LogP contribution in [0.25, 0.3) is 32.6 Å². The number of thiophene rings is 1. The lowest BCUT2D eigenvalue weighted by atomic mass is 9.97. The maximum Gasteiger partial charge on any atom is 0.269 e. The molecule has 8 nitrogen and oxygen atoms in total. The number of benzene rings is 1. The number of fused-ring (bicyclic) bond motifs is 1. The number of nitrogen functional groups attached to an aromatic ring is 2. The summed E-state index contributed by atoms with van der Waals surface area (Å²) in [5.41, 5.74) is 15.9. The minimum atomic E-state index is -0.404. The van der Waals surface area contributed by atoms with Gasteiger partial charge in [0.05, 0.1) is 11.4 Å². The molecule has 0 spiro atoms. The summed E-state index contributed by atoms with van der Waals surface area (Å²) < 4.78 is 0. The predicted octanol–water partition coefficient (Wildman–Crippen LogP) is 4.77. The second-order valence-corrected chi connectivity index (χ2v) is 8.84. The molecule has 4 heterocycles. The van der Waals surface area contributed by atoms with E-state index < -0.39 is 5.91 Å². The van der Waals surface area contributed by atoms with Crippen molar-refractivity contribution in [3.63, 3.8) is 0 Å². The van der Waals surface area contributed by atoms with Crippen LogP contribution >= 0.6 is 22.7 Å². The number of carbonyl (C=O) groups is 1. The lowest BCUT2D eigenvalue weighted by molar-refractivity contribution is 0.103. The van der Waals surface area contributed by atoms with E-state index in [2.05, 4.69) is 26.3 Å². The van der Waals surface area contributed by atoms with Crippen LogP contribution in [0.4, 0.5) is 16.6 Å². The van der Waals surface area contributed by atoms with E-state index in [1.807, 2.05) is 47.8 Å². The van der Waals surface area contributed by atoms with Crippen LogP contribution < -0.4 is 16.8 Å². The average molecular weight is 470 g/mol. The van der Waals surface area contributed by atoms with Crippen molar-refractivity contribution in [3.8, 4) is 28.5 Å². The Morgan fingerprint density at radius 3 is 2.58 bits per heavy atom. The number of nitriles is 1. The second kappa shape index (κ2) is 8.31. The van der Waals surface area contributed by atoms with E-state index in [-0.39, 0.29) is 21.9 Å². The molecule has 10 heteroatoms. The third kappa shape index (κ3) is 3.65. The first-order chi connectivity index (χ1) is 16.1. The molecule has 0 radical (unpaired) electrons. The van der Waals surface area contributed by atoms with Crippen molar-refractivity contribution in [2.24, 2.45) is 0 Å². The van der Waals surface area contributed by atoms with Crippen LogP contribution in [0.15, 0.2) is 60.2 Å². The second-order valence-electron chi connectivity index (χ2n) is 6.98. The zero-order valence-corrected chi connectivity index (χ0v) is 18.6. The van der Waals surface area contributed by atoms with Gasteiger partial charge in [0.2, 0.25) is 0 Å². The summed E-state index contributed by atoms with van der Waals surface area (Å²) in [4.78, 5) is 26.8. The molecule has 1 amide bonds. The lowest BCUT2D eigenvalue weighted by Crippen LogP contribution is -2.11. The quantitative estimate of drug-likeness (QED) is 0.344. The number of hydrogen-bond donors (Lipinski definition) is 3. The SMILES string of the molecule is N#Cc1c(N)nc2sc(C(=O)Nc3nc(-c4cccnc4)cs3)c(N)c2c1-c1ccccc1. The van der Waals surface area contributed by atoms with Crippen molar-refractivity contribution in [2.45, 2.75) is 0 Å². The van der Waals surface area contributed by atoms with E-state index in [9.17, 15) is 10.1 Å². The van der Waals surface area contributed by atoms with Gasteiger partial charge in [0, 0.05) is 34.3 Å². The van der Waals surface area contributed by atoms with Gasteiger partial charge in [-0.3, -0.25) is 15.1 Å². The Morgan fingerprint density at radius 1 is 1.06 bits per heavy atom. The molecule has 0 saturated carbocycles. The third-order valence-corrected chi connectivity index (χ3v) is 6.82. The molecule has 1 aromatic carbocycles. The number of hydrogen-bond acceptors (Lipinski definition) is 9. The van der Waals surface area contributed by atoms with Gasteiger partial charge in [-0.1, -0.05) is 30.3 Å². The standard InChI is InChI=1S/C23H15N7OS2/c24-9-14-16(12-5-2-1-3-6-12)17-18(25)19(33-22(17)29-20(14)26)21(31)30-23-28-15(11-32-23)13-7-4-8-27-10-13/h1-8,10-11H,25H2,(H2,26,29)(H,28,30,31). The smallest absolute Gasteiger partial charge is 0.269 e. The first-order valence-electron chi connectivity index (χ1n) is 9.71. The maximum atomic E-state index is 13.1. The molecular weight excluding hydrogens is 454 g/mol. The molecule has 0 aliphatic carbocycles. The van der Waals surface area contributed by atoms with E-state index in [0.29, 0.717) is 26.6 Å². The Hall–Kier alpha value is -4.33. The fourth-order valence-electron chi connectivity index (χ4n) is 3.48. The molecule has 5 N–H and O–H groups in total. The van der Waals surface area contributed by atoms with Crippen molar-refractivity contribution < 1.29 is 4.79 Å². The normalized spacial score (nSPS) is 10.8. The molecule has 0 aliphatic rings. The molecule has 0 saturated heterocycles. The molecular formula is C23H15N7OS2. The Labute approximate surface area is 196 Å². The maximum absolute atomic E-state index is 13.1. The van der Waals surface area contributed by atoms with E-state index in [1.165, 1.54) is 11.3 Å². The minimum Gasteiger partial charge on any atom is -0.397 e. The van der Waals surface area contributed by atoms with Gasteiger partial charge in [-0.2, -0.15) is 5.26 Å². The van der Waals surface area contributed by atoms with Crippen LogP contribution in [0.2, 0.25) is 0 Å². The Balaban J connectivity index is 1.56. The van der Waals surface area contributed by atoms with Crippen LogP contribution in [0, 0.1) is 11.3 Å². The fraction of sp³-hybridized carbons (Fsp3) is 0. The number of nitrogens with one attached hydrogen (secondary N) is 1. The average Bonchev–Trinajstić information content (AvgIpc) is 3.43. The molecule has 5 rings (SSSR count). The van der Waals surface area contributed by atoms with E-state index >= 15 is 0 Å². The van der Waals surface area contributed by atoms with Gasteiger partial charge >= 0.3 is 0 Å². The Morgan fingerprint density at radius 2 is 1.85 bits per heavy atom. The van der Waals surface area contributed by atoms with Gasteiger partial charge in [-0.05, 0) is 17.7 Å². The van der Waals surface area contributed by atoms with Gasteiger partial charge in [0.15, 0.2) is 5.13 Å². The molecule has 33 heavy (non-hydrogen) atoms. The van der Waals surface area contributed by atoms with Crippen molar-refractivity contribution in [1.29, 1.82) is 5.26 Å². The number of carbonyl (C=O) groups excluding carboxylic acids is 1.